The van der Waals surface area contributed by atoms with Gasteiger partial charge in [-0.05, 0) is 29.1 Å². The molecule has 0 atom stereocenters. The number of ether oxygens (including phenoxy) is 1. The summed E-state index contributed by atoms with van der Waals surface area (Å²) in [5.41, 5.74) is 0.0991. The molecule has 3 aromatic rings. The van der Waals surface area contributed by atoms with Gasteiger partial charge >= 0.3 is 5.97 Å². The Hall–Kier alpha value is -3.14. The minimum Gasteiger partial charge on any atom is -0.545 e. The molecule has 3 rings (SSSR count). The summed E-state index contributed by atoms with van der Waals surface area (Å²) in [6, 6.07) is 18.5. The average Bonchev–Trinajstić information content (AvgIpc) is 2.55. The first-order valence-electron chi connectivity index (χ1n) is 6.66. The second-order valence-corrected chi connectivity index (χ2v) is 4.74. The predicted octanol–water partition coefficient (Wildman–Crippen LogP) is 2.42. The monoisotopic (exact) mass is 291 g/mol. The maximum atomic E-state index is 12.2. The van der Waals surface area contributed by atoms with Gasteiger partial charge < -0.3 is 14.6 Å². The summed E-state index contributed by atoms with van der Waals surface area (Å²) in [6.07, 6.45) is 0. The summed E-state index contributed by atoms with van der Waals surface area (Å²) >= 11 is 0. The molecule has 0 bridgehead atoms. The third kappa shape index (κ3) is 2.67. The Morgan fingerprint density at radius 3 is 2.32 bits per heavy atom. The van der Waals surface area contributed by atoms with Crippen molar-refractivity contribution in [3.8, 4) is 5.75 Å². The highest BCUT2D eigenvalue weighted by Crippen LogP contribution is 2.26. The molecular formula is C18H11O4-. The first-order valence-corrected chi connectivity index (χ1v) is 6.66. The van der Waals surface area contributed by atoms with Crippen molar-refractivity contribution >= 4 is 22.7 Å². The number of esters is 1. The lowest BCUT2D eigenvalue weighted by atomic mass is 10.1. The lowest BCUT2D eigenvalue weighted by Gasteiger charge is -2.09. The molecule has 4 nitrogen and oxygen atoms in total. The highest BCUT2D eigenvalue weighted by Gasteiger charge is 2.11. The van der Waals surface area contributed by atoms with Crippen molar-refractivity contribution in [1.82, 2.24) is 0 Å². The van der Waals surface area contributed by atoms with Gasteiger partial charge in [0.25, 0.3) is 0 Å². The first kappa shape index (κ1) is 13.8. The predicted molar refractivity (Wildman–Crippen MR) is 79.7 cm³/mol. The summed E-state index contributed by atoms with van der Waals surface area (Å²) in [6.45, 7) is 0. The number of aromatic carboxylic acids is 1. The van der Waals surface area contributed by atoms with Gasteiger partial charge in [-0.3, -0.25) is 0 Å². The van der Waals surface area contributed by atoms with E-state index in [0.29, 0.717) is 5.75 Å². The molecule has 0 unspecified atom stereocenters. The molecule has 0 aliphatic heterocycles. The Morgan fingerprint density at radius 1 is 0.818 bits per heavy atom. The van der Waals surface area contributed by atoms with Crippen LogP contribution in [0.25, 0.3) is 10.8 Å². The molecule has 0 saturated carbocycles. The van der Waals surface area contributed by atoms with Crippen LogP contribution in [0.4, 0.5) is 0 Å². The van der Waals surface area contributed by atoms with Gasteiger partial charge in [0.05, 0.1) is 11.5 Å². The lowest BCUT2D eigenvalue weighted by Crippen LogP contribution is -2.22. The SMILES string of the molecule is O=C([O-])c1cccc(C(=O)Oc2cccc3ccccc23)c1. The molecule has 0 saturated heterocycles. The summed E-state index contributed by atoms with van der Waals surface area (Å²) < 4.78 is 5.40. The highest BCUT2D eigenvalue weighted by atomic mass is 16.5. The minimum atomic E-state index is -1.33. The van der Waals surface area contributed by atoms with E-state index in [9.17, 15) is 14.7 Å². The molecule has 0 heterocycles. The van der Waals surface area contributed by atoms with Crippen LogP contribution in [0.3, 0.4) is 0 Å². The van der Waals surface area contributed by atoms with E-state index in [2.05, 4.69) is 0 Å². The highest BCUT2D eigenvalue weighted by molar-refractivity contribution is 5.97. The number of carbonyl (C=O) groups excluding carboxylic acids is 2. The molecule has 4 heteroatoms. The van der Waals surface area contributed by atoms with Gasteiger partial charge in [0, 0.05) is 5.39 Å². The normalized spacial score (nSPS) is 10.4. The number of hydrogen-bond acceptors (Lipinski definition) is 4. The summed E-state index contributed by atoms with van der Waals surface area (Å²) in [5, 5.41) is 12.6. The number of carbonyl (C=O) groups is 2. The Balaban J connectivity index is 1.93. The Labute approximate surface area is 126 Å². The Morgan fingerprint density at radius 2 is 1.50 bits per heavy atom. The second-order valence-electron chi connectivity index (χ2n) is 4.74. The molecule has 0 amide bonds. The summed E-state index contributed by atoms with van der Waals surface area (Å²) in [7, 11) is 0. The zero-order chi connectivity index (χ0) is 15.5. The van der Waals surface area contributed by atoms with E-state index in [1.807, 2.05) is 30.3 Å². The van der Waals surface area contributed by atoms with Crippen LogP contribution in [0.1, 0.15) is 20.7 Å². The molecule has 22 heavy (non-hydrogen) atoms. The van der Waals surface area contributed by atoms with Crippen molar-refractivity contribution in [3.63, 3.8) is 0 Å². The minimum absolute atomic E-state index is 0.0626. The third-order valence-electron chi connectivity index (χ3n) is 3.29. The largest absolute Gasteiger partial charge is 0.545 e. The van der Waals surface area contributed by atoms with E-state index >= 15 is 0 Å². The van der Waals surface area contributed by atoms with E-state index in [4.69, 9.17) is 4.74 Å². The quantitative estimate of drug-likeness (QED) is 0.549. The van der Waals surface area contributed by atoms with Crippen molar-refractivity contribution < 1.29 is 19.4 Å². The van der Waals surface area contributed by atoms with Gasteiger partial charge in [-0.1, -0.05) is 48.5 Å². The van der Waals surface area contributed by atoms with Crippen molar-refractivity contribution in [2.75, 3.05) is 0 Å². The average molecular weight is 291 g/mol. The maximum Gasteiger partial charge on any atom is 0.343 e. The van der Waals surface area contributed by atoms with Crippen LogP contribution in [-0.2, 0) is 0 Å². The molecule has 0 radical (unpaired) electrons. The molecule has 0 N–H and O–H groups in total. The number of fused-ring (bicyclic) bond motifs is 1. The molecule has 3 aromatic carbocycles. The van der Waals surface area contributed by atoms with E-state index in [1.165, 1.54) is 24.3 Å². The molecule has 0 aliphatic rings. The van der Waals surface area contributed by atoms with Gasteiger partial charge in [-0.25, -0.2) is 4.79 Å². The van der Waals surface area contributed by atoms with Crippen LogP contribution >= 0.6 is 0 Å². The van der Waals surface area contributed by atoms with Crippen LogP contribution < -0.4 is 9.84 Å². The van der Waals surface area contributed by atoms with Gasteiger partial charge in [-0.2, -0.15) is 0 Å². The zero-order valence-electron chi connectivity index (χ0n) is 11.5. The topological polar surface area (TPSA) is 66.4 Å². The van der Waals surface area contributed by atoms with E-state index in [0.717, 1.165) is 10.8 Å². The number of rotatable bonds is 3. The molecule has 108 valence electrons. The van der Waals surface area contributed by atoms with Crippen LogP contribution in [0, 0.1) is 0 Å². The standard InChI is InChI=1S/C18H12O4/c19-17(20)13-7-3-8-14(11-13)18(21)22-16-10-4-6-12-5-1-2-9-15(12)16/h1-11H,(H,19,20)/p-1. The van der Waals surface area contributed by atoms with Crippen LogP contribution in [-0.4, -0.2) is 11.9 Å². The molecular weight excluding hydrogens is 280 g/mol. The van der Waals surface area contributed by atoms with E-state index < -0.39 is 11.9 Å². The van der Waals surface area contributed by atoms with Crippen molar-refractivity contribution in [2.24, 2.45) is 0 Å². The summed E-state index contributed by atoms with van der Waals surface area (Å²) in [5.74, 6) is -1.51. The number of hydrogen-bond donors (Lipinski definition) is 0. The van der Waals surface area contributed by atoms with Gasteiger partial charge in [0.1, 0.15) is 5.75 Å². The lowest BCUT2D eigenvalue weighted by molar-refractivity contribution is -0.255. The fourth-order valence-electron chi connectivity index (χ4n) is 2.22. The van der Waals surface area contributed by atoms with Gasteiger partial charge in [0.15, 0.2) is 0 Å². The van der Waals surface area contributed by atoms with E-state index in [-0.39, 0.29) is 11.1 Å². The second kappa shape index (κ2) is 5.69. The molecule has 0 spiro atoms. The number of carboxylic acids is 1. The zero-order valence-corrected chi connectivity index (χ0v) is 11.5. The van der Waals surface area contributed by atoms with Gasteiger partial charge in [-0.15, -0.1) is 0 Å². The Kier molecular flexibility index (Phi) is 3.58. The van der Waals surface area contributed by atoms with Crippen molar-refractivity contribution in [1.29, 1.82) is 0 Å². The fraction of sp³-hybridized carbons (Fsp3) is 0. The van der Waals surface area contributed by atoms with Crippen LogP contribution in [0.5, 0.6) is 5.75 Å². The van der Waals surface area contributed by atoms with Gasteiger partial charge in [0.2, 0.25) is 0 Å². The Bertz CT molecular complexity index is 862. The number of carboxylic acid groups (broad SMARTS) is 1. The molecule has 0 aromatic heterocycles. The number of benzene rings is 3. The summed E-state index contributed by atoms with van der Waals surface area (Å²) in [4.78, 5) is 23.0. The molecule has 0 fully saturated rings. The smallest absolute Gasteiger partial charge is 0.343 e. The van der Waals surface area contributed by atoms with Crippen LogP contribution in [0.2, 0.25) is 0 Å². The van der Waals surface area contributed by atoms with Crippen molar-refractivity contribution in [3.05, 3.63) is 77.9 Å². The fourth-order valence-corrected chi connectivity index (χ4v) is 2.22. The van der Waals surface area contributed by atoms with Crippen molar-refractivity contribution in [2.45, 2.75) is 0 Å². The maximum absolute atomic E-state index is 12.2. The molecule has 0 aliphatic carbocycles. The van der Waals surface area contributed by atoms with E-state index in [1.54, 1.807) is 12.1 Å². The first-order chi connectivity index (χ1) is 10.6. The third-order valence-corrected chi connectivity index (χ3v) is 3.29. The van der Waals surface area contributed by atoms with Crippen LogP contribution in [0.15, 0.2) is 66.7 Å².